The lowest BCUT2D eigenvalue weighted by Crippen LogP contribution is -2.62. The summed E-state index contributed by atoms with van der Waals surface area (Å²) < 4.78 is 5.19. The standard InChI is InChI=1S/C17H20N2O4/c1-11-14(16(22)19-7-17(8-19,9-20)10-21)5-12-3-4-13(23-2)6-15(12)18-11/h3-6,20-21H,7-10H2,1-2H3. The molecule has 0 saturated carbocycles. The van der Waals surface area contributed by atoms with Crippen LogP contribution in [0.3, 0.4) is 0 Å². The molecule has 1 aliphatic heterocycles. The van der Waals surface area contributed by atoms with E-state index in [1.165, 1.54) is 0 Å². The molecule has 1 aliphatic rings. The van der Waals surface area contributed by atoms with Crippen LogP contribution in [0.5, 0.6) is 5.75 Å². The normalized spacial score (nSPS) is 16.3. The van der Waals surface area contributed by atoms with Crippen LogP contribution < -0.4 is 4.74 Å². The molecule has 1 amide bonds. The van der Waals surface area contributed by atoms with Gasteiger partial charge in [-0.1, -0.05) is 0 Å². The van der Waals surface area contributed by atoms with Crippen LogP contribution in [0.15, 0.2) is 24.3 Å². The van der Waals surface area contributed by atoms with Gasteiger partial charge < -0.3 is 19.8 Å². The Morgan fingerprint density at radius 3 is 2.61 bits per heavy atom. The van der Waals surface area contributed by atoms with Crippen LogP contribution in [0.4, 0.5) is 0 Å². The third-order valence-electron chi connectivity index (χ3n) is 4.46. The number of benzene rings is 1. The number of aromatic nitrogens is 1. The van der Waals surface area contributed by atoms with Crippen LogP contribution in [0.2, 0.25) is 0 Å². The smallest absolute Gasteiger partial charge is 0.255 e. The monoisotopic (exact) mass is 316 g/mol. The zero-order chi connectivity index (χ0) is 16.6. The van der Waals surface area contributed by atoms with E-state index in [9.17, 15) is 15.0 Å². The predicted octanol–water partition coefficient (Wildman–Crippen LogP) is 0.979. The largest absolute Gasteiger partial charge is 0.497 e. The predicted molar refractivity (Wildman–Crippen MR) is 85.5 cm³/mol. The molecule has 0 radical (unpaired) electrons. The number of hydrogen-bond donors (Lipinski definition) is 2. The van der Waals surface area contributed by atoms with E-state index in [4.69, 9.17) is 4.74 Å². The molecule has 3 rings (SSSR count). The summed E-state index contributed by atoms with van der Waals surface area (Å²) in [6.07, 6.45) is 0. The maximum Gasteiger partial charge on any atom is 0.255 e. The molecule has 1 fully saturated rings. The van der Waals surface area contributed by atoms with Crippen LogP contribution in [-0.2, 0) is 0 Å². The summed E-state index contributed by atoms with van der Waals surface area (Å²) >= 11 is 0. The Hall–Kier alpha value is -2.18. The van der Waals surface area contributed by atoms with E-state index in [-0.39, 0.29) is 19.1 Å². The van der Waals surface area contributed by atoms with Gasteiger partial charge in [-0.05, 0) is 25.1 Å². The minimum absolute atomic E-state index is 0.120. The van der Waals surface area contributed by atoms with Crippen LogP contribution >= 0.6 is 0 Å². The first-order chi connectivity index (χ1) is 11.0. The summed E-state index contributed by atoms with van der Waals surface area (Å²) in [5.41, 5.74) is 1.41. The van der Waals surface area contributed by atoms with Crippen molar-refractivity contribution in [3.05, 3.63) is 35.5 Å². The lowest BCUT2D eigenvalue weighted by molar-refractivity contribution is -0.0589. The third kappa shape index (κ3) is 2.64. The Balaban J connectivity index is 1.88. The van der Waals surface area contributed by atoms with E-state index in [1.54, 1.807) is 18.9 Å². The quantitative estimate of drug-likeness (QED) is 0.878. The molecule has 1 aromatic carbocycles. The molecule has 0 bridgehead atoms. The molecule has 6 nitrogen and oxygen atoms in total. The fraction of sp³-hybridized carbons (Fsp3) is 0.412. The summed E-state index contributed by atoms with van der Waals surface area (Å²) in [6.45, 7) is 2.28. The number of likely N-dealkylation sites (tertiary alicyclic amines) is 1. The average Bonchev–Trinajstić information content (AvgIpc) is 2.53. The summed E-state index contributed by atoms with van der Waals surface area (Å²) in [6, 6.07) is 7.37. The molecule has 0 unspecified atom stereocenters. The highest BCUT2D eigenvalue weighted by molar-refractivity contribution is 5.99. The first kappa shape index (κ1) is 15.7. The van der Waals surface area contributed by atoms with Gasteiger partial charge in [-0.15, -0.1) is 0 Å². The number of nitrogens with zero attached hydrogens (tertiary/aromatic N) is 2. The van der Waals surface area contributed by atoms with Crippen molar-refractivity contribution >= 4 is 16.8 Å². The number of ether oxygens (including phenoxy) is 1. The molecule has 2 N–H and O–H groups in total. The molecule has 0 atom stereocenters. The maximum absolute atomic E-state index is 12.6. The lowest BCUT2D eigenvalue weighted by Gasteiger charge is -2.48. The second-order valence-corrected chi connectivity index (χ2v) is 6.16. The fourth-order valence-corrected chi connectivity index (χ4v) is 2.91. The van der Waals surface area contributed by atoms with Gasteiger partial charge in [0.25, 0.3) is 5.91 Å². The van der Waals surface area contributed by atoms with Crippen LogP contribution in [0.25, 0.3) is 10.9 Å². The Labute approximate surface area is 134 Å². The van der Waals surface area contributed by atoms with Crippen LogP contribution in [0.1, 0.15) is 16.1 Å². The first-order valence-corrected chi connectivity index (χ1v) is 7.48. The van der Waals surface area contributed by atoms with Crippen LogP contribution in [0, 0.1) is 12.3 Å². The SMILES string of the molecule is COc1ccc2cc(C(=O)N3CC(CO)(CO)C3)c(C)nc2c1. The van der Waals surface area contributed by atoms with E-state index >= 15 is 0 Å². The number of aryl methyl sites for hydroxylation is 1. The number of aliphatic hydroxyl groups excluding tert-OH is 2. The van der Waals surface area contributed by atoms with Gasteiger partial charge in [0.1, 0.15) is 5.75 Å². The van der Waals surface area contributed by atoms with Gasteiger partial charge in [-0.25, -0.2) is 0 Å². The number of carbonyl (C=O) groups is 1. The Morgan fingerprint density at radius 2 is 2.00 bits per heavy atom. The average molecular weight is 316 g/mol. The molecule has 1 aromatic heterocycles. The van der Waals surface area contributed by atoms with Crippen molar-refractivity contribution in [2.75, 3.05) is 33.4 Å². The molecular weight excluding hydrogens is 296 g/mol. The van der Waals surface area contributed by atoms with Crippen molar-refractivity contribution in [2.24, 2.45) is 5.41 Å². The molecular formula is C17H20N2O4. The van der Waals surface area contributed by atoms with Crippen molar-refractivity contribution < 1.29 is 19.7 Å². The number of carbonyl (C=O) groups excluding carboxylic acids is 1. The summed E-state index contributed by atoms with van der Waals surface area (Å²) in [5, 5.41) is 19.5. The second-order valence-electron chi connectivity index (χ2n) is 6.16. The maximum atomic E-state index is 12.6. The number of pyridine rings is 1. The molecule has 23 heavy (non-hydrogen) atoms. The Morgan fingerprint density at radius 1 is 1.30 bits per heavy atom. The molecule has 1 saturated heterocycles. The van der Waals surface area contributed by atoms with Gasteiger partial charge in [0.05, 0.1) is 42.5 Å². The fourth-order valence-electron chi connectivity index (χ4n) is 2.91. The van der Waals surface area contributed by atoms with E-state index in [2.05, 4.69) is 4.98 Å². The van der Waals surface area contributed by atoms with Gasteiger partial charge in [-0.2, -0.15) is 0 Å². The molecule has 2 aromatic rings. The molecule has 2 heterocycles. The van der Waals surface area contributed by atoms with Gasteiger partial charge >= 0.3 is 0 Å². The summed E-state index contributed by atoms with van der Waals surface area (Å²) in [5.74, 6) is 0.604. The number of rotatable bonds is 4. The highest BCUT2D eigenvalue weighted by Crippen LogP contribution is 2.31. The molecule has 0 spiro atoms. The Kier molecular flexibility index (Phi) is 3.95. The van der Waals surface area contributed by atoms with E-state index < -0.39 is 5.41 Å². The van der Waals surface area contributed by atoms with Gasteiger partial charge in [-0.3, -0.25) is 9.78 Å². The van der Waals surface area contributed by atoms with Gasteiger partial charge in [0.15, 0.2) is 0 Å². The zero-order valence-electron chi connectivity index (χ0n) is 13.2. The van der Waals surface area contributed by atoms with Crippen molar-refractivity contribution in [2.45, 2.75) is 6.92 Å². The highest BCUT2D eigenvalue weighted by Gasteiger charge is 2.44. The van der Waals surface area contributed by atoms with E-state index in [0.717, 1.165) is 16.7 Å². The van der Waals surface area contributed by atoms with Crippen molar-refractivity contribution in [3.63, 3.8) is 0 Å². The highest BCUT2D eigenvalue weighted by atomic mass is 16.5. The third-order valence-corrected chi connectivity index (χ3v) is 4.46. The number of amides is 1. The van der Waals surface area contributed by atoms with Crippen molar-refractivity contribution in [3.8, 4) is 5.75 Å². The lowest BCUT2D eigenvalue weighted by atomic mass is 9.81. The summed E-state index contributed by atoms with van der Waals surface area (Å²) in [7, 11) is 1.60. The number of fused-ring (bicyclic) bond motifs is 1. The zero-order valence-corrected chi connectivity index (χ0v) is 13.2. The first-order valence-electron chi connectivity index (χ1n) is 7.48. The minimum atomic E-state index is -0.568. The number of hydrogen-bond acceptors (Lipinski definition) is 5. The topological polar surface area (TPSA) is 82.9 Å². The summed E-state index contributed by atoms with van der Waals surface area (Å²) in [4.78, 5) is 18.8. The van der Waals surface area contributed by atoms with Gasteiger partial charge in [0.2, 0.25) is 0 Å². The van der Waals surface area contributed by atoms with Crippen molar-refractivity contribution in [1.82, 2.24) is 9.88 Å². The molecule has 0 aliphatic carbocycles. The van der Waals surface area contributed by atoms with Crippen LogP contribution in [-0.4, -0.2) is 59.4 Å². The Bertz CT molecular complexity index is 748. The number of methoxy groups -OCH3 is 1. The van der Waals surface area contributed by atoms with E-state index in [1.807, 2.05) is 24.3 Å². The second kappa shape index (κ2) is 5.79. The van der Waals surface area contributed by atoms with Gasteiger partial charge in [0, 0.05) is 24.5 Å². The molecule has 6 heteroatoms. The molecule has 122 valence electrons. The van der Waals surface area contributed by atoms with E-state index in [0.29, 0.717) is 24.3 Å². The number of aliphatic hydroxyl groups is 2. The minimum Gasteiger partial charge on any atom is -0.497 e. The van der Waals surface area contributed by atoms with Crippen molar-refractivity contribution in [1.29, 1.82) is 0 Å².